The van der Waals surface area contributed by atoms with Crippen molar-refractivity contribution < 1.29 is 10.6 Å². The molecule has 36 heavy (non-hydrogen) atoms. The van der Waals surface area contributed by atoms with Gasteiger partial charge in [0.25, 0.3) is 0 Å². The molecule has 0 fully saturated rings. The third-order valence-corrected chi connectivity index (χ3v) is 36.9. The molecule has 6 heteroatoms. The van der Waals surface area contributed by atoms with E-state index in [1.807, 2.05) is 0 Å². The number of hydrogen-bond acceptors (Lipinski definition) is 4. The Bertz CT molecular complexity index is 429. The predicted octanol–water partition coefficient (Wildman–Crippen LogP) is 10.6. The van der Waals surface area contributed by atoms with E-state index in [-0.39, 0.29) is 0 Å². The zero-order chi connectivity index (χ0) is 26.8. The van der Waals surface area contributed by atoms with Crippen LogP contribution in [0.2, 0.25) is 13.3 Å². The Balaban J connectivity index is 5.79. The second kappa shape index (κ2) is 26.6. The molecule has 0 aromatic rings. The molecule has 0 bridgehead atoms. The summed E-state index contributed by atoms with van der Waals surface area (Å²) in [6.45, 7) is 16.2. The van der Waals surface area contributed by atoms with Crippen LogP contribution >= 0.6 is 0 Å². The summed E-state index contributed by atoms with van der Waals surface area (Å²) in [7, 11) is 0. The maximum absolute atomic E-state index is 7.51. The van der Waals surface area contributed by atoms with Gasteiger partial charge in [-0.3, -0.25) is 0 Å². The topological polar surface area (TPSA) is 36.9 Å². The van der Waals surface area contributed by atoms with E-state index < -0.39 is 38.8 Å². The van der Waals surface area contributed by atoms with Crippen molar-refractivity contribution in [2.75, 3.05) is 19.8 Å². The Morgan fingerprint density at radius 3 is 1.11 bits per heavy atom. The molecular weight excluding hydrogens is 662 g/mol. The minimum absolute atomic E-state index is 0.814. The van der Waals surface area contributed by atoms with Gasteiger partial charge >= 0.3 is 240 Å². The van der Waals surface area contributed by atoms with Gasteiger partial charge in [-0.1, -0.05) is 0 Å². The van der Waals surface area contributed by atoms with Crippen molar-refractivity contribution in [2.24, 2.45) is 0 Å². The standard InChI is InChI=1S/3C6H13O.3C4H9.O.2Sn/c3*1-2-3-4-5-6-7;3*1-3-4-2;;;/h3*2-6H2,1H3;3*1,3-4H2,2H3;;;/q3*-1;;;;;+1;+2. The molecule has 0 aromatic heterocycles. The van der Waals surface area contributed by atoms with Crippen molar-refractivity contribution in [3.05, 3.63) is 0 Å². The second-order valence-corrected chi connectivity index (χ2v) is 31.1. The molecule has 0 saturated carbocycles. The molecule has 0 heterocycles. The van der Waals surface area contributed by atoms with E-state index in [0.29, 0.717) is 0 Å². The summed E-state index contributed by atoms with van der Waals surface area (Å²) < 4.78 is 31.6. The average Bonchev–Trinajstić information content (AvgIpc) is 2.89. The van der Waals surface area contributed by atoms with E-state index in [0.717, 1.165) is 43.5 Å². The van der Waals surface area contributed by atoms with Crippen LogP contribution in [0, 0.1) is 0 Å². The molecular formula is C30H66O4Sn2. The van der Waals surface area contributed by atoms with Crippen molar-refractivity contribution in [3.63, 3.8) is 0 Å². The molecule has 0 radical (unpaired) electrons. The van der Waals surface area contributed by atoms with E-state index >= 15 is 0 Å². The summed E-state index contributed by atoms with van der Waals surface area (Å²) >= 11 is -7.08. The molecule has 0 aliphatic carbocycles. The van der Waals surface area contributed by atoms with Crippen LogP contribution in [0.15, 0.2) is 0 Å². The second-order valence-electron chi connectivity index (χ2n) is 10.7. The molecule has 0 N–H and O–H groups in total. The van der Waals surface area contributed by atoms with Gasteiger partial charge in [0.2, 0.25) is 0 Å². The zero-order valence-electron chi connectivity index (χ0n) is 25.6. The SMILES string of the molecule is CCCCCC[O][Sn]([CH2]CCC)([CH2]CCC)[O][Sn]([CH2]CCC)([O]CCCCCC)[O]CCCCCC. The average molecular weight is 728 g/mol. The van der Waals surface area contributed by atoms with Gasteiger partial charge < -0.3 is 0 Å². The van der Waals surface area contributed by atoms with Gasteiger partial charge in [-0.2, -0.15) is 0 Å². The summed E-state index contributed by atoms with van der Waals surface area (Å²) in [6.07, 6.45) is 22.0. The van der Waals surface area contributed by atoms with E-state index in [2.05, 4.69) is 41.5 Å². The summed E-state index contributed by atoms with van der Waals surface area (Å²) in [6, 6.07) is 0. The van der Waals surface area contributed by atoms with Crippen LogP contribution in [-0.2, 0) is 10.6 Å². The molecule has 0 amide bonds. The maximum atomic E-state index is 7.51. The van der Waals surface area contributed by atoms with E-state index in [4.69, 9.17) is 10.6 Å². The first-order valence-corrected chi connectivity index (χ1v) is 28.1. The van der Waals surface area contributed by atoms with Crippen molar-refractivity contribution >= 4 is 38.8 Å². The summed E-state index contributed by atoms with van der Waals surface area (Å²) in [4.78, 5) is 0. The summed E-state index contributed by atoms with van der Waals surface area (Å²) in [5.74, 6) is 0. The molecule has 0 aliphatic rings. The summed E-state index contributed by atoms with van der Waals surface area (Å²) in [5, 5.41) is 0. The van der Waals surface area contributed by atoms with Crippen LogP contribution in [0.5, 0.6) is 0 Å². The summed E-state index contributed by atoms with van der Waals surface area (Å²) in [5.41, 5.74) is 0. The van der Waals surface area contributed by atoms with Gasteiger partial charge in [0.15, 0.2) is 0 Å². The van der Waals surface area contributed by atoms with Gasteiger partial charge in [-0.25, -0.2) is 0 Å². The molecule has 0 unspecified atom stereocenters. The molecule has 0 aromatic carbocycles. The first-order valence-electron chi connectivity index (χ1n) is 16.2. The van der Waals surface area contributed by atoms with Crippen LogP contribution in [0.1, 0.15) is 157 Å². The number of hydrogen-bond donors (Lipinski definition) is 0. The molecule has 218 valence electrons. The number of unbranched alkanes of at least 4 members (excludes halogenated alkanes) is 12. The van der Waals surface area contributed by atoms with Crippen LogP contribution < -0.4 is 0 Å². The monoisotopic (exact) mass is 730 g/mol. The fourth-order valence-electron chi connectivity index (χ4n) is 4.57. The van der Waals surface area contributed by atoms with E-state index in [9.17, 15) is 0 Å². The van der Waals surface area contributed by atoms with Crippen LogP contribution in [0.25, 0.3) is 0 Å². The Labute approximate surface area is 238 Å². The van der Waals surface area contributed by atoms with Crippen molar-refractivity contribution in [1.29, 1.82) is 0 Å². The van der Waals surface area contributed by atoms with E-state index in [1.165, 1.54) is 105 Å². The minimum atomic E-state index is -3.74. The Morgan fingerprint density at radius 2 is 0.722 bits per heavy atom. The van der Waals surface area contributed by atoms with Gasteiger partial charge in [-0.15, -0.1) is 0 Å². The predicted molar refractivity (Wildman–Crippen MR) is 162 cm³/mol. The zero-order valence-corrected chi connectivity index (χ0v) is 31.3. The molecule has 0 rings (SSSR count). The molecule has 0 saturated heterocycles. The third kappa shape index (κ3) is 19.5. The van der Waals surface area contributed by atoms with Gasteiger partial charge in [0.05, 0.1) is 0 Å². The first-order chi connectivity index (χ1) is 17.6. The Hall–Kier alpha value is 1.44. The molecule has 0 spiro atoms. The Morgan fingerprint density at radius 1 is 0.361 bits per heavy atom. The van der Waals surface area contributed by atoms with E-state index in [1.54, 1.807) is 0 Å². The molecule has 0 aliphatic heterocycles. The van der Waals surface area contributed by atoms with Crippen LogP contribution in [0.4, 0.5) is 0 Å². The van der Waals surface area contributed by atoms with Crippen molar-refractivity contribution in [3.8, 4) is 0 Å². The third-order valence-electron chi connectivity index (χ3n) is 7.00. The fourth-order valence-corrected chi connectivity index (χ4v) is 41.7. The Kier molecular flexibility index (Phi) is 27.7. The molecule has 4 nitrogen and oxygen atoms in total. The van der Waals surface area contributed by atoms with Crippen molar-refractivity contribution in [2.45, 2.75) is 170 Å². The molecule has 0 atom stereocenters. The van der Waals surface area contributed by atoms with Gasteiger partial charge in [-0.05, 0) is 0 Å². The first kappa shape index (κ1) is 37.4. The van der Waals surface area contributed by atoms with Gasteiger partial charge in [0, 0.05) is 0 Å². The number of rotatable bonds is 29. The quantitative estimate of drug-likeness (QED) is 0.0568. The van der Waals surface area contributed by atoms with Crippen LogP contribution in [0.3, 0.4) is 0 Å². The van der Waals surface area contributed by atoms with Crippen LogP contribution in [-0.4, -0.2) is 58.6 Å². The fraction of sp³-hybridized carbons (Fsp3) is 1.00. The normalized spacial score (nSPS) is 12.5. The van der Waals surface area contributed by atoms with Gasteiger partial charge in [0.1, 0.15) is 0 Å². The van der Waals surface area contributed by atoms with Crippen molar-refractivity contribution in [1.82, 2.24) is 0 Å².